The highest BCUT2D eigenvalue weighted by molar-refractivity contribution is 7.09. The minimum absolute atomic E-state index is 0.251. The molecule has 0 bridgehead atoms. The molecule has 1 atom stereocenters. The summed E-state index contributed by atoms with van der Waals surface area (Å²) in [5, 5.41) is 13.2. The number of hydrogen-bond acceptors (Lipinski definition) is 4. The zero-order valence-corrected chi connectivity index (χ0v) is 10.6. The first-order valence-corrected chi connectivity index (χ1v) is 6.44. The maximum atomic E-state index is 9.75. The fourth-order valence-electron chi connectivity index (χ4n) is 1.34. The summed E-state index contributed by atoms with van der Waals surface area (Å²) >= 11 is 7.29. The minimum atomic E-state index is -0.545. The molecule has 5 heteroatoms. The van der Waals surface area contributed by atoms with Crippen molar-refractivity contribution in [2.45, 2.75) is 12.5 Å². The molecule has 90 valence electrons. The normalized spacial score (nSPS) is 12.4. The predicted octanol–water partition coefficient (Wildman–Crippen LogP) is 2.78. The van der Waals surface area contributed by atoms with Crippen LogP contribution in [0.1, 0.15) is 5.01 Å². The Labute approximate surface area is 109 Å². The number of thiazole rings is 1. The summed E-state index contributed by atoms with van der Waals surface area (Å²) in [4.78, 5) is 4.11. The van der Waals surface area contributed by atoms with Crippen LogP contribution in [0.4, 0.5) is 0 Å². The second kappa shape index (κ2) is 6.00. The molecule has 0 amide bonds. The third-order valence-corrected chi connectivity index (χ3v) is 3.20. The van der Waals surface area contributed by atoms with Gasteiger partial charge in [-0.25, -0.2) is 4.98 Å². The first kappa shape index (κ1) is 12.4. The van der Waals surface area contributed by atoms with E-state index >= 15 is 0 Å². The van der Waals surface area contributed by atoms with Gasteiger partial charge in [0, 0.05) is 23.0 Å². The van der Waals surface area contributed by atoms with E-state index in [4.69, 9.17) is 16.3 Å². The van der Waals surface area contributed by atoms with E-state index in [-0.39, 0.29) is 6.61 Å². The van der Waals surface area contributed by atoms with Crippen LogP contribution in [0.3, 0.4) is 0 Å². The topological polar surface area (TPSA) is 42.4 Å². The van der Waals surface area contributed by atoms with E-state index in [9.17, 15) is 5.11 Å². The number of nitrogens with zero attached hydrogens (tertiary/aromatic N) is 1. The Hall–Kier alpha value is -1.10. The van der Waals surface area contributed by atoms with Gasteiger partial charge in [0.1, 0.15) is 12.4 Å². The number of aliphatic hydroxyl groups is 1. The van der Waals surface area contributed by atoms with Crippen LogP contribution in [0.5, 0.6) is 5.75 Å². The maximum absolute atomic E-state index is 9.75. The van der Waals surface area contributed by atoms with Crippen LogP contribution in [-0.2, 0) is 6.42 Å². The summed E-state index contributed by atoms with van der Waals surface area (Å²) in [6.07, 6.45) is 1.70. The highest BCUT2D eigenvalue weighted by atomic mass is 35.5. The van der Waals surface area contributed by atoms with Gasteiger partial charge in [0.25, 0.3) is 0 Å². The fraction of sp³-hybridized carbons (Fsp3) is 0.250. The van der Waals surface area contributed by atoms with Crippen molar-refractivity contribution in [1.82, 2.24) is 4.98 Å². The molecule has 0 aliphatic heterocycles. The van der Waals surface area contributed by atoms with Crippen LogP contribution in [0.15, 0.2) is 35.8 Å². The van der Waals surface area contributed by atoms with E-state index in [2.05, 4.69) is 4.98 Å². The molecule has 0 saturated heterocycles. The molecule has 2 aromatic rings. The molecule has 0 radical (unpaired) electrons. The van der Waals surface area contributed by atoms with E-state index in [1.165, 1.54) is 11.3 Å². The second-order valence-corrected chi connectivity index (χ2v) is 4.96. The molecule has 0 spiro atoms. The largest absolute Gasteiger partial charge is 0.491 e. The molecule has 1 aromatic heterocycles. The van der Waals surface area contributed by atoms with E-state index in [0.717, 1.165) is 5.01 Å². The van der Waals surface area contributed by atoms with Gasteiger partial charge < -0.3 is 9.84 Å². The van der Waals surface area contributed by atoms with Crippen LogP contribution < -0.4 is 4.74 Å². The standard InChI is InChI=1S/C12H12ClNO2S/c13-9-1-3-11(4-2-9)16-8-10(15)7-12-14-5-6-17-12/h1-6,10,15H,7-8H2. The SMILES string of the molecule is OC(COc1ccc(Cl)cc1)Cc1nccs1. The van der Waals surface area contributed by atoms with Gasteiger partial charge in [-0.15, -0.1) is 11.3 Å². The number of hydrogen-bond donors (Lipinski definition) is 1. The molecular formula is C12H12ClNO2S. The van der Waals surface area contributed by atoms with Crippen LogP contribution in [0.2, 0.25) is 5.02 Å². The van der Waals surface area contributed by atoms with Gasteiger partial charge in [0.2, 0.25) is 0 Å². The van der Waals surface area contributed by atoms with E-state index in [1.54, 1.807) is 30.5 Å². The molecule has 0 aliphatic rings. The van der Waals surface area contributed by atoms with Gasteiger partial charge in [0.15, 0.2) is 0 Å². The Bertz CT molecular complexity index is 444. The number of rotatable bonds is 5. The molecular weight excluding hydrogens is 258 g/mol. The van der Waals surface area contributed by atoms with Gasteiger partial charge in [-0.05, 0) is 24.3 Å². The average Bonchev–Trinajstić information content (AvgIpc) is 2.81. The minimum Gasteiger partial charge on any atom is -0.491 e. The van der Waals surface area contributed by atoms with Crippen LogP contribution in [-0.4, -0.2) is 22.8 Å². The molecule has 17 heavy (non-hydrogen) atoms. The first-order chi connectivity index (χ1) is 8.24. The molecule has 1 heterocycles. The molecule has 0 saturated carbocycles. The van der Waals surface area contributed by atoms with E-state index in [0.29, 0.717) is 17.2 Å². The Balaban J connectivity index is 1.79. The molecule has 0 fully saturated rings. The maximum Gasteiger partial charge on any atom is 0.119 e. The third kappa shape index (κ3) is 4.00. The molecule has 3 nitrogen and oxygen atoms in total. The summed E-state index contributed by atoms with van der Waals surface area (Å²) in [6.45, 7) is 0.251. The van der Waals surface area contributed by atoms with Crippen LogP contribution in [0, 0.1) is 0 Å². The molecule has 2 rings (SSSR count). The van der Waals surface area contributed by atoms with Crippen molar-refractivity contribution in [3.63, 3.8) is 0 Å². The van der Waals surface area contributed by atoms with Gasteiger partial charge in [-0.2, -0.15) is 0 Å². The van der Waals surface area contributed by atoms with Crippen molar-refractivity contribution >= 4 is 22.9 Å². The van der Waals surface area contributed by atoms with E-state index < -0.39 is 6.10 Å². The second-order valence-electron chi connectivity index (χ2n) is 3.55. The predicted molar refractivity (Wildman–Crippen MR) is 68.8 cm³/mol. The highest BCUT2D eigenvalue weighted by Crippen LogP contribution is 2.16. The average molecular weight is 270 g/mol. The van der Waals surface area contributed by atoms with Crippen LogP contribution in [0.25, 0.3) is 0 Å². The van der Waals surface area contributed by atoms with Gasteiger partial charge >= 0.3 is 0 Å². The molecule has 1 unspecified atom stereocenters. The highest BCUT2D eigenvalue weighted by Gasteiger charge is 2.08. The van der Waals surface area contributed by atoms with Gasteiger partial charge in [-0.1, -0.05) is 11.6 Å². The summed E-state index contributed by atoms with van der Waals surface area (Å²) < 4.78 is 5.44. The van der Waals surface area contributed by atoms with E-state index in [1.807, 2.05) is 5.38 Å². The van der Waals surface area contributed by atoms with Gasteiger partial charge in [-0.3, -0.25) is 0 Å². The number of ether oxygens (including phenoxy) is 1. The number of halogens is 1. The van der Waals surface area contributed by atoms with Crippen molar-refractivity contribution in [1.29, 1.82) is 0 Å². The first-order valence-electron chi connectivity index (χ1n) is 5.19. The van der Waals surface area contributed by atoms with Crippen molar-refractivity contribution < 1.29 is 9.84 Å². The zero-order chi connectivity index (χ0) is 12.1. The molecule has 1 N–H and O–H groups in total. The van der Waals surface area contributed by atoms with Crippen molar-refractivity contribution in [2.75, 3.05) is 6.61 Å². The Morgan fingerprint density at radius 2 is 2.12 bits per heavy atom. The summed E-state index contributed by atoms with van der Waals surface area (Å²) in [5.41, 5.74) is 0. The smallest absolute Gasteiger partial charge is 0.119 e. The fourth-order valence-corrected chi connectivity index (χ4v) is 2.15. The summed E-state index contributed by atoms with van der Waals surface area (Å²) in [5.74, 6) is 0.701. The lowest BCUT2D eigenvalue weighted by molar-refractivity contribution is 0.107. The lowest BCUT2D eigenvalue weighted by Gasteiger charge is -2.10. The lowest BCUT2D eigenvalue weighted by atomic mass is 10.3. The van der Waals surface area contributed by atoms with Crippen molar-refractivity contribution in [2.24, 2.45) is 0 Å². The zero-order valence-electron chi connectivity index (χ0n) is 9.04. The monoisotopic (exact) mass is 269 g/mol. The Kier molecular flexibility index (Phi) is 4.36. The van der Waals surface area contributed by atoms with Crippen molar-refractivity contribution in [3.05, 3.63) is 45.9 Å². The quantitative estimate of drug-likeness (QED) is 0.908. The Morgan fingerprint density at radius 1 is 1.35 bits per heavy atom. The van der Waals surface area contributed by atoms with Gasteiger partial charge in [0.05, 0.1) is 11.1 Å². The number of aliphatic hydroxyl groups excluding tert-OH is 1. The molecule has 1 aromatic carbocycles. The summed E-state index contributed by atoms with van der Waals surface area (Å²) in [6, 6.07) is 7.06. The Morgan fingerprint density at radius 3 is 2.76 bits per heavy atom. The number of aromatic nitrogens is 1. The lowest BCUT2D eigenvalue weighted by Crippen LogP contribution is -2.20. The summed E-state index contributed by atoms with van der Waals surface area (Å²) in [7, 11) is 0. The third-order valence-electron chi connectivity index (χ3n) is 2.15. The number of benzene rings is 1. The van der Waals surface area contributed by atoms with Crippen LogP contribution >= 0.6 is 22.9 Å². The molecule has 0 aliphatic carbocycles. The van der Waals surface area contributed by atoms with Crippen molar-refractivity contribution in [3.8, 4) is 5.75 Å².